The number of rotatable bonds is 2. The Morgan fingerprint density at radius 3 is 2.08 bits per heavy atom. The van der Waals surface area contributed by atoms with Crippen molar-refractivity contribution < 1.29 is 14.7 Å². The minimum atomic E-state index is -0.235. The molecule has 0 unspecified atom stereocenters. The summed E-state index contributed by atoms with van der Waals surface area (Å²) in [6, 6.07) is 3.37. The lowest BCUT2D eigenvalue weighted by Crippen LogP contribution is -2.40. The molecule has 1 aliphatic heterocycles. The number of amides is 2. The summed E-state index contributed by atoms with van der Waals surface area (Å²) in [6.07, 6.45) is 6.92. The van der Waals surface area contributed by atoms with Gasteiger partial charge in [0.25, 0.3) is 11.8 Å². The molecule has 25 heavy (non-hydrogen) atoms. The SMILES string of the molecule is O=C1[C@@H]2[C@H]3C=C[C@@H]([C@@H]4C[C@H]34)[C@@H]2C(=O)N1N=Cc1cc(Br)c(O)c(Br)c1. The van der Waals surface area contributed by atoms with E-state index in [2.05, 4.69) is 49.1 Å². The number of phenolic OH excluding ortho intramolecular Hbond substituents is 1. The Hall–Kier alpha value is -1.47. The Kier molecular flexibility index (Phi) is 3.32. The van der Waals surface area contributed by atoms with E-state index in [0.717, 1.165) is 11.4 Å². The van der Waals surface area contributed by atoms with Crippen LogP contribution in [0.4, 0.5) is 0 Å². The van der Waals surface area contributed by atoms with Gasteiger partial charge in [-0.25, -0.2) is 0 Å². The standard InChI is InChI=1S/C18H14Br2N2O3/c19-12-3-7(4-13(20)16(12)23)6-21-22-17(24)14-8-1-2-9(11-5-10(8)11)15(14)18(22)25/h1-4,6,8-11,14-15,23H,5H2/t8-,9-,10-,11+,14-,15+/m0/s1. The predicted molar refractivity (Wildman–Crippen MR) is 97.7 cm³/mol. The predicted octanol–water partition coefficient (Wildman–Crippen LogP) is 3.30. The third kappa shape index (κ3) is 2.15. The van der Waals surface area contributed by atoms with E-state index in [-0.39, 0.29) is 41.2 Å². The van der Waals surface area contributed by atoms with Crippen LogP contribution in [0, 0.1) is 35.5 Å². The summed E-state index contributed by atoms with van der Waals surface area (Å²) in [5.74, 6) is 0.853. The first-order valence-corrected chi connectivity index (χ1v) is 9.84. The van der Waals surface area contributed by atoms with Crippen LogP contribution in [-0.2, 0) is 9.59 Å². The number of nitrogens with zero attached hydrogens (tertiary/aromatic N) is 2. The Labute approximate surface area is 161 Å². The maximum atomic E-state index is 12.8. The van der Waals surface area contributed by atoms with Crippen LogP contribution in [0.15, 0.2) is 38.3 Å². The van der Waals surface area contributed by atoms with E-state index in [1.54, 1.807) is 12.1 Å². The van der Waals surface area contributed by atoms with Crippen molar-refractivity contribution in [1.29, 1.82) is 0 Å². The molecule has 0 aromatic heterocycles. The van der Waals surface area contributed by atoms with Crippen LogP contribution in [0.25, 0.3) is 0 Å². The maximum Gasteiger partial charge on any atom is 0.254 e. The summed E-state index contributed by atoms with van der Waals surface area (Å²) in [5.41, 5.74) is 0.677. The molecule has 0 spiro atoms. The Morgan fingerprint density at radius 1 is 1.04 bits per heavy atom. The zero-order valence-electron chi connectivity index (χ0n) is 13.0. The largest absolute Gasteiger partial charge is 0.506 e. The summed E-state index contributed by atoms with van der Waals surface area (Å²) in [7, 11) is 0. The first-order chi connectivity index (χ1) is 12.0. The second kappa shape index (κ2) is 5.27. The van der Waals surface area contributed by atoms with Gasteiger partial charge in [0.1, 0.15) is 5.75 Å². The van der Waals surface area contributed by atoms with Crippen molar-refractivity contribution in [2.75, 3.05) is 0 Å². The Morgan fingerprint density at radius 2 is 1.56 bits per heavy atom. The molecule has 0 radical (unpaired) electrons. The van der Waals surface area contributed by atoms with Gasteiger partial charge in [0.05, 0.1) is 27.0 Å². The number of carbonyl (C=O) groups excluding carboxylic acids is 2. The van der Waals surface area contributed by atoms with Crippen LogP contribution < -0.4 is 0 Å². The number of carbonyl (C=O) groups is 2. The van der Waals surface area contributed by atoms with E-state index >= 15 is 0 Å². The normalized spacial score (nSPS) is 37.8. The number of hydrogen-bond donors (Lipinski definition) is 1. The molecule has 5 aliphatic rings. The first kappa shape index (κ1) is 15.8. The molecule has 7 heteroatoms. The van der Waals surface area contributed by atoms with Gasteiger partial charge in [-0.2, -0.15) is 10.1 Å². The molecule has 5 nitrogen and oxygen atoms in total. The smallest absolute Gasteiger partial charge is 0.254 e. The Balaban J connectivity index is 1.45. The third-order valence-electron chi connectivity index (χ3n) is 6.00. The molecule has 6 atom stereocenters. The van der Waals surface area contributed by atoms with Crippen LogP contribution in [0.1, 0.15) is 12.0 Å². The van der Waals surface area contributed by atoms with E-state index in [1.807, 2.05) is 0 Å². The summed E-state index contributed by atoms with van der Waals surface area (Å²) >= 11 is 6.52. The number of phenols is 1. The fraction of sp³-hybridized carbons (Fsp3) is 0.389. The van der Waals surface area contributed by atoms with Crippen LogP contribution in [0.2, 0.25) is 0 Å². The van der Waals surface area contributed by atoms with Crippen LogP contribution in [0.3, 0.4) is 0 Å². The molecule has 6 rings (SSSR count). The van der Waals surface area contributed by atoms with E-state index in [0.29, 0.717) is 26.3 Å². The number of allylic oxidation sites excluding steroid dienone is 2. The van der Waals surface area contributed by atoms with Crippen molar-refractivity contribution >= 4 is 49.9 Å². The number of hydrogen-bond acceptors (Lipinski definition) is 4. The number of aromatic hydroxyl groups is 1. The van der Waals surface area contributed by atoms with E-state index in [4.69, 9.17) is 0 Å². The van der Waals surface area contributed by atoms with Crippen LogP contribution in [-0.4, -0.2) is 28.1 Å². The molecular weight excluding hydrogens is 452 g/mol. The number of benzene rings is 1. The van der Waals surface area contributed by atoms with Gasteiger partial charge < -0.3 is 5.11 Å². The Bertz CT molecular complexity index is 822. The number of hydrazone groups is 1. The van der Waals surface area contributed by atoms with Crippen molar-refractivity contribution in [3.05, 3.63) is 38.8 Å². The highest BCUT2D eigenvalue weighted by molar-refractivity contribution is 9.11. The monoisotopic (exact) mass is 464 g/mol. The van der Waals surface area contributed by atoms with E-state index in [1.165, 1.54) is 6.21 Å². The summed E-state index contributed by atoms with van der Waals surface area (Å²) in [5, 5.41) is 15.0. The lowest BCUT2D eigenvalue weighted by atomic mass is 9.63. The van der Waals surface area contributed by atoms with Gasteiger partial charge in [-0.05, 0) is 79.6 Å². The van der Waals surface area contributed by atoms with Gasteiger partial charge in [-0.1, -0.05) is 12.2 Å². The van der Waals surface area contributed by atoms with Gasteiger partial charge in [0, 0.05) is 0 Å². The highest BCUT2D eigenvalue weighted by Gasteiger charge is 2.67. The summed E-state index contributed by atoms with van der Waals surface area (Å²) < 4.78 is 1.02. The lowest BCUT2D eigenvalue weighted by molar-refractivity contribution is -0.140. The van der Waals surface area contributed by atoms with Gasteiger partial charge >= 0.3 is 0 Å². The molecule has 4 aliphatic carbocycles. The van der Waals surface area contributed by atoms with Crippen molar-refractivity contribution in [1.82, 2.24) is 5.01 Å². The molecule has 1 aromatic rings. The van der Waals surface area contributed by atoms with Gasteiger partial charge in [-0.15, -0.1) is 0 Å². The molecule has 1 saturated heterocycles. The molecule has 3 fully saturated rings. The average molecular weight is 466 g/mol. The van der Waals surface area contributed by atoms with E-state index < -0.39 is 0 Å². The zero-order valence-corrected chi connectivity index (χ0v) is 16.1. The second-order valence-corrected chi connectivity index (χ2v) is 8.93. The van der Waals surface area contributed by atoms with Gasteiger partial charge in [0.15, 0.2) is 0 Å². The zero-order chi connectivity index (χ0) is 17.5. The minimum absolute atomic E-state index is 0.0957. The highest BCUT2D eigenvalue weighted by atomic mass is 79.9. The number of imide groups is 1. The van der Waals surface area contributed by atoms with Gasteiger partial charge in [-0.3, -0.25) is 9.59 Å². The fourth-order valence-electron chi connectivity index (χ4n) is 4.84. The van der Waals surface area contributed by atoms with E-state index in [9.17, 15) is 14.7 Å². The highest BCUT2D eigenvalue weighted by Crippen LogP contribution is 2.65. The third-order valence-corrected chi connectivity index (χ3v) is 7.21. The molecule has 128 valence electrons. The lowest BCUT2D eigenvalue weighted by Gasteiger charge is -2.37. The van der Waals surface area contributed by atoms with Crippen molar-refractivity contribution in [3.8, 4) is 5.75 Å². The maximum absolute atomic E-state index is 12.8. The molecule has 1 aromatic carbocycles. The first-order valence-electron chi connectivity index (χ1n) is 8.25. The summed E-state index contributed by atoms with van der Waals surface area (Å²) in [4.78, 5) is 25.6. The fourth-order valence-corrected chi connectivity index (χ4v) is 6.06. The number of halogens is 2. The van der Waals surface area contributed by atoms with Crippen molar-refractivity contribution in [3.63, 3.8) is 0 Å². The molecule has 1 N–H and O–H groups in total. The quantitative estimate of drug-likeness (QED) is 0.414. The summed E-state index contributed by atoms with van der Waals surface area (Å²) in [6.45, 7) is 0. The van der Waals surface area contributed by atoms with Crippen LogP contribution in [0.5, 0.6) is 5.75 Å². The molecule has 2 saturated carbocycles. The van der Waals surface area contributed by atoms with Gasteiger partial charge in [0.2, 0.25) is 0 Å². The van der Waals surface area contributed by atoms with Crippen molar-refractivity contribution in [2.45, 2.75) is 6.42 Å². The molecular formula is C18H14Br2N2O3. The van der Waals surface area contributed by atoms with Crippen LogP contribution >= 0.6 is 31.9 Å². The topological polar surface area (TPSA) is 70.0 Å². The average Bonchev–Trinajstić information content (AvgIpc) is 3.37. The molecule has 2 bridgehead atoms. The van der Waals surface area contributed by atoms with Crippen molar-refractivity contribution in [2.24, 2.45) is 40.6 Å². The molecule has 1 heterocycles. The second-order valence-electron chi connectivity index (χ2n) is 7.22. The molecule has 2 amide bonds. The minimum Gasteiger partial charge on any atom is -0.506 e.